The van der Waals surface area contributed by atoms with Crippen LogP contribution in [0.1, 0.15) is 45.9 Å². The van der Waals surface area contributed by atoms with Gasteiger partial charge in [-0.3, -0.25) is 14.4 Å². The molecule has 4 heterocycles. The third-order valence-electron chi connectivity index (χ3n) is 10.1. The van der Waals surface area contributed by atoms with E-state index >= 15 is 0 Å². The Kier molecular flexibility index (Phi) is 13.0. The standard InChI is InChI=1S/C36H49F3N8O7S3/c1-35(2,3)54-34(48)45-16-12-26(13-17-45)46-18-19-47-31(25-46)40-41-33(47)42-57(51,52)28-10-11-29(30(24-28)56(49,50)36(37,38)39)43(4)32(55-27-8-6-5-7-9-27)14-15-44-20-22-53-23-21-44/h5-11,24,26,32H,12-23,25H2,1-4H3,(H,41,42)/t32-/m1/s1. The lowest BCUT2D eigenvalue weighted by atomic mass is 10.0. The number of hydrogen-bond acceptors (Lipinski definition) is 13. The van der Waals surface area contributed by atoms with Crippen LogP contribution in [0, 0.1) is 0 Å². The summed E-state index contributed by atoms with van der Waals surface area (Å²) in [5.41, 5.74) is -6.60. The second kappa shape index (κ2) is 17.3. The van der Waals surface area contributed by atoms with E-state index in [1.165, 1.54) is 23.7 Å². The first kappa shape index (κ1) is 43.0. The minimum atomic E-state index is -6.02. The number of rotatable bonds is 12. The molecule has 3 aliphatic heterocycles. The SMILES string of the molecule is CN(c1ccc(S(=O)(=O)Nc2nnc3n2CCN(C2CCN(C(=O)OC(C)(C)C)CC2)C3)cc1S(=O)(=O)C(F)(F)F)[C@@H](CCN1CCOCC1)Sc1ccccc1. The molecule has 1 atom stereocenters. The number of benzene rings is 2. The summed E-state index contributed by atoms with van der Waals surface area (Å²) in [5, 5.41) is 7.70. The summed E-state index contributed by atoms with van der Waals surface area (Å²) >= 11 is 1.36. The van der Waals surface area contributed by atoms with Crippen molar-refractivity contribution in [3.05, 3.63) is 54.4 Å². The number of aromatic nitrogens is 3. The predicted molar refractivity (Wildman–Crippen MR) is 208 cm³/mol. The lowest BCUT2D eigenvalue weighted by Crippen LogP contribution is -2.49. The van der Waals surface area contributed by atoms with Gasteiger partial charge in [0.15, 0.2) is 0 Å². The van der Waals surface area contributed by atoms with Gasteiger partial charge in [0.05, 0.1) is 35.7 Å². The molecule has 314 valence electrons. The molecule has 3 aromatic rings. The highest BCUT2D eigenvalue weighted by molar-refractivity contribution is 8.00. The first-order valence-corrected chi connectivity index (χ1v) is 22.5. The third-order valence-corrected chi connectivity index (χ3v) is 14.3. The van der Waals surface area contributed by atoms with E-state index in [9.17, 15) is 34.8 Å². The second-order valence-corrected chi connectivity index (χ2v) is 20.0. The zero-order valence-electron chi connectivity index (χ0n) is 32.3. The van der Waals surface area contributed by atoms with Crippen LogP contribution in [0.25, 0.3) is 0 Å². The molecule has 0 unspecified atom stereocenters. The molecule has 1 N–H and O–H groups in total. The number of carbonyl (C=O) groups is 1. The molecule has 57 heavy (non-hydrogen) atoms. The van der Waals surface area contributed by atoms with Crippen molar-refractivity contribution in [2.75, 3.05) is 69.2 Å². The van der Waals surface area contributed by atoms with Crippen LogP contribution in [0.5, 0.6) is 0 Å². The molecule has 1 aromatic heterocycles. The van der Waals surface area contributed by atoms with Gasteiger partial charge in [-0.15, -0.1) is 22.0 Å². The van der Waals surface area contributed by atoms with Crippen molar-refractivity contribution in [1.82, 2.24) is 29.5 Å². The number of anilines is 2. The number of carbonyl (C=O) groups excluding carboxylic acids is 1. The van der Waals surface area contributed by atoms with Gasteiger partial charge in [0.25, 0.3) is 19.9 Å². The van der Waals surface area contributed by atoms with E-state index in [2.05, 4.69) is 24.7 Å². The maximum Gasteiger partial charge on any atom is 0.501 e. The molecular formula is C36H49F3N8O7S3. The number of amides is 1. The Bertz CT molecular complexity index is 2090. The molecule has 1 amide bonds. The Hall–Kier alpha value is -3.63. The van der Waals surface area contributed by atoms with Crippen LogP contribution in [0.4, 0.5) is 29.6 Å². The van der Waals surface area contributed by atoms with Crippen LogP contribution in [0.3, 0.4) is 0 Å². The fourth-order valence-corrected chi connectivity index (χ4v) is 10.3. The van der Waals surface area contributed by atoms with Gasteiger partial charge in [-0.1, -0.05) is 18.2 Å². The maximum atomic E-state index is 14.3. The Labute approximate surface area is 335 Å². The lowest BCUT2D eigenvalue weighted by molar-refractivity contribution is -0.0436. The molecule has 2 aromatic carbocycles. The van der Waals surface area contributed by atoms with E-state index in [4.69, 9.17) is 9.47 Å². The van der Waals surface area contributed by atoms with E-state index < -0.39 is 46.1 Å². The van der Waals surface area contributed by atoms with E-state index in [-0.39, 0.29) is 23.8 Å². The molecule has 3 aliphatic rings. The van der Waals surface area contributed by atoms with Gasteiger partial charge < -0.3 is 19.3 Å². The summed E-state index contributed by atoms with van der Waals surface area (Å²) in [4.78, 5) is 19.0. The average Bonchev–Trinajstić information content (AvgIpc) is 3.56. The van der Waals surface area contributed by atoms with Crippen molar-refractivity contribution >= 4 is 49.4 Å². The monoisotopic (exact) mass is 858 g/mol. The fraction of sp³-hybridized carbons (Fsp3) is 0.583. The molecule has 0 radical (unpaired) electrons. The van der Waals surface area contributed by atoms with Crippen LogP contribution in [0.15, 0.2) is 63.2 Å². The molecule has 0 bridgehead atoms. The molecule has 6 rings (SSSR count). The second-order valence-electron chi connectivity index (χ2n) is 15.2. The smallest absolute Gasteiger partial charge is 0.444 e. The van der Waals surface area contributed by atoms with Gasteiger partial charge in [-0.2, -0.15) is 13.2 Å². The molecular weight excluding hydrogens is 810 g/mol. The van der Waals surface area contributed by atoms with Gasteiger partial charge in [0.2, 0.25) is 5.95 Å². The Balaban J connectivity index is 1.21. The number of morpholine rings is 1. The normalized spacial score (nSPS) is 18.5. The van der Waals surface area contributed by atoms with Crippen LogP contribution < -0.4 is 9.62 Å². The van der Waals surface area contributed by atoms with Gasteiger partial charge in [-0.05, 0) is 70.4 Å². The van der Waals surface area contributed by atoms with Crippen molar-refractivity contribution in [3.8, 4) is 0 Å². The summed E-state index contributed by atoms with van der Waals surface area (Å²) in [6, 6.07) is 12.1. The lowest BCUT2D eigenvalue weighted by Gasteiger charge is -2.40. The number of alkyl halides is 3. The number of nitrogens with zero attached hydrogens (tertiary/aromatic N) is 7. The van der Waals surface area contributed by atoms with Crippen LogP contribution in [0.2, 0.25) is 0 Å². The Morgan fingerprint density at radius 3 is 2.32 bits per heavy atom. The quantitative estimate of drug-likeness (QED) is 0.195. The highest BCUT2D eigenvalue weighted by Crippen LogP contribution is 2.40. The number of thioether (sulfide) groups is 1. The number of fused-ring (bicyclic) bond motifs is 1. The molecule has 21 heteroatoms. The van der Waals surface area contributed by atoms with Crippen molar-refractivity contribution in [3.63, 3.8) is 0 Å². The number of nitrogens with one attached hydrogen (secondary N) is 1. The van der Waals surface area contributed by atoms with E-state index in [0.717, 1.165) is 17.0 Å². The van der Waals surface area contributed by atoms with Gasteiger partial charge in [-0.25, -0.2) is 26.4 Å². The van der Waals surface area contributed by atoms with Gasteiger partial charge >= 0.3 is 11.6 Å². The first-order valence-electron chi connectivity index (χ1n) is 18.7. The number of halogens is 3. The van der Waals surface area contributed by atoms with Gasteiger partial charge in [0, 0.05) is 63.8 Å². The number of sulfone groups is 1. The summed E-state index contributed by atoms with van der Waals surface area (Å²) in [6.45, 7) is 10.7. The number of sulfonamides is 1. The largest absolute Gasteiger partial charge is 0.501 e. The fourth-order valence-electron chi connectivity index (χ4n) is 7.04. The first-order chi connectivity index (χ1) is 26.8. The zero-order chi connectivity index (χ0) is 41.2. The van der Waals surface area contributed by atoms with E-state index in [1.54, 1.807) is 9.47 Å². The maximum absolute atomic E-state index is 14.3. The van der Waals surface area contributed by atoms with Crippen molar-refractivity contribution in [2.24, 2.45) is 0 Å². The minimum absolute atomic E-state index is 0.144. The average molecular weight is 859 g/mol. The molecule has 0 aliphatic carbocycles. The topological polar surface area (TPSA) is 160 Å². The molecule has 2 saturated heterocycles. The van der Waals surface area contributed by atoms with Crippen LogP contribution >= 0.6 is 11.8 Å². The number of hydrogen-bond donors (Lipinski definition) is 1. The highest BCUT2D eigenvalue weighted by atomic mass is 32.2. The predicted octanol–water partition coefficient (Wildman–Crippen LogP) is 4.86. The Morgan fingerprint density at radius 2 is 1.67 bits per heavy atom. The van der Waals surface area contributed by atoms with Crippen molar-refractivity contribution in [2.45, 2.75) is 90.3 Å². The molecule has 0 spiro atoms. The summed E-state index contributed by atoms with van der Waals surface area (Å²) < 4.78 is 112. The van der Waals surface area contributed by atoms with Crippen molar-refractivity contribution < 1.29 is 44.3 Å². The van der Waals surface area contributed by atoms with Crippen LogP contribution in [-0.2, 0) is 42.4 Å². The zero-order valence-corrected chi connectivity index (χ0v) is 34.8. The Morgan fingerprint density at radius 1 is 0.982 bits per heavy atom. The summed E-state index contributed by atoms with van der Waals surface area (Å²) in [7, 11) is -9.17. The van der Waals surface area contributed by atoms with E-state index in [1.807, 2.05) is 51.1 Å². The number of piperidine rings is 1. The van der Waals surface area contributed by atoms with Gasteiger partial charge in [0.1, 0.15) is 16.3 Å². The number of ether oxygens (including phenoxy) is 2. The molecule has 2 fully saturated rings. The van der Waals surface area contributed by atoms with Crippen molar-refractivity contribution in [1.29, 1.82) is 0 Å². The summed E-state index contributed by atoms with van der Waals surface area (Å²) in [6.07, 6.45) is 1.51. The molecule has 15 nitrogen and oxygen atoms in total. The summed E-state index contributed by atoms with van der Waals surface area (Å²) in [5.74, 6) is 0.332. The third kappa shape index (κ3) is 10.3. The number of likely N-dealkylation sites (tertiary alicyclic amines) is 1. The minimum Gasteiger partial charge on any atom is -0.444 e. The van der Waals surface area contributed by atoms with E-state index in [0.29, 0.717) is 96.7 Å². The van der Waals surface area contributed by atoms with Crippen LogP contribution in [-0.4, -0.2) is 134 Å². The highest BCUT2D eigenvalue weighted by Gasteiger charge is 2.49. The molecule has 0 saturated carbocycles.